The summed E-state index contributed by atoms with van der Waals surface area (Å²) in [6.45, 7) is 0.224. The molecule has 2 aromatic carbocycles. The molecule has 0 unspecified atom stereocenters. The van der Waals surface area contributed by atoms with Crippen molar-refractivity contribution in [1.82, 2.24) is 14.5 Å². The maximum absolute atomic E-state index is 13.8. The second-order valence-electron chi connectivity index (χ2n) is 5.33. The van der Waals surface area contributed by atoms with Gasteiger partial charge >= 0.3 is 0 Å². The highest BCUT2D eigenvalue weighted by Gasteiger charge is 2.09. The summed E-state index contributed by atoms with van der Waals surface area (Å²) < 4.78 is 15.3. The number of hydrogen-bond donors (Lipinski definition) is 0. The Balaban J connectivity index is 1.88. The zero-order valence-corrected chi connectivity index (χ0v) is 12.1. The van der Waals surface area contributed by atoms with E-state index in [0.29, 0.717) is 27.4 Å². The van der Waals surface area contributed by atoms with Crippen molar-refractivity contribution in [3.05, 3.63) is 82.8 Å². The minimum absolute atomic E-state index is 0.149. The molecule has 112 valence electrons. The van der Waals surface area contributed by atoms with Crippen LogP contribution in [0.3, 0.4) is 0 Å². The van der Waals surface area contributed by atoms with Crippen LogP contribution < -0.4 is 5.56 Å². The van der Waals surface area contributed by atoms with Crippen molar-refractivity contribution in [3.63, 3.8) is 0 Å². The van der Waals surface area contributed by atoms with Crippen molar-refractivity contribution in [2.24, 2.45) is 0 Å². The number of hydrogen-bond acceptors (Lipinski definition) is 3. The summed E-state index contributed by atoms with van der Waals surface area (Å²) in [7, 11) is 0. The van der Waals surface area contributed by atoms with Gasteiger partial charge in [-0.25, -0.2) is 9.37 Å². The Kier molecular flexibility index (Phi) is 3.12. The molecule has 0 aliphatic rings. The van der Waals surface area contributed by atoms with E-state index in [-0.39, 0.29) is 17.9 Å². The maximum Gasteiger partial charge on any atom is 0.261 e. The fourth-order valence-corrected chi connectivity index (χ4v) is 2.75. The van der Waals surface area contributed by atoms with E-state index in [1.54, 1.807) is 36.5 Å². The first-order valence-corrected chi connectivity index (χ1v) is 7.20. The molecule has 0 radical (unpaired) electrons. The van der Waals surface area contributed by atoms with Gasteiger partial charge in [0, 0.05) is 17.1 Å². The Hall–Kier alpha value is -3.08. The SMILES string of the molecule is O=c1c2ccccc2ncn1Cc1cc(F)cc2cccnc12. The van der Waals surface area contributed by atoms with Crippen LogP contribution in [0.4, 0.5) is 4.39 Å². The van der Waals surface area contributed by atoms with Gasteiger partial charge < -0.3 is 0 Å². The molecule has 0 atom stereocenters. The second kappa shape index (κ2) is 5.28. The molecule has 23 heavy (non-hydrogen) atoms. The fraction of sp³-hybridized carbons (Fsp3) is 0.0556. The number of benzene rings is 2. The largest absolute Gasteiger partial charge is 0.294 e. The molecule has 0 aliphatic carbocycles. The highest BCUT2D eigenvalue weighted by molar-refractivity contribution is 5.82. The van der Waals surface area contributed by atoms with Gasteiger partial charge in [0.2, 0.25) is 0 Å². The lowest BCUT2D eigenvalue weighted by molar-refractivity contribution is 0.625. The molecule has 0 amide bonds. The summed E-state index contributed by atoms with van der Waals surface area (Å²) >= 11 is 0. The molecule has 0 aliphatic heterocycles. The molecule has 4 aromatic rings. The Morgan fingerprint density at radius 1 is 1.04 bits per heavy atom. The van der Waals surface area contributed by atoms with E-state index in [9.17, 15) is 9.18 Å². The summed E-state index contributed by atoms with van der Waals surface area (Å²) in [6.07, 6.45) is 3.15. The van der Waals surface area contributed by atoms with Crippen molar-refractivity contribution in [3.8, 4) is 0 Å². The summed E-state index contributed by atoms with van der Waals surface area (Å²) in [6, 6.07) is 13.6. The van der Waals surface area contributed by atoms with Gasteiger partial charge in [0.15, 0.2) is 0 Å². The minimum atomic E-state index is -0.345. The normalized spacial score (nSPS) is 11.2. The van der Waals surface area contributed by atoms with E-state index in [2.05, 4.69) is 9.97 Å². The van der Waals surface area contributed by atoms with E-state index in [4.69, 9.17) is 0 Å². The number of pyridine rings is 1. The lowest BCUT2D eigenvalue weighted by Gasteiger charge is -2.09. The van der Waals surface area contributed by atoms with Crippen LogP contribution in [0.5, 0.6) is 0 Å². The lowest BCUT2D eigenvalue weighted by atomic mass is 10.1. The van der Waals surface area contributed by atoms with Gasteiger partial charge in [-0.3, -0.25) is 14.3 Å². The Morgan fingerprint density at radius 3 is 2.83 bits per heavy atom. The quantitative estimate of drug-likeness (QED) is 0.571. The van der Waals surface area contributed by atoms with Crippen LogP contribution in [0.2, 0.25) is 0 Å². The molecule has 0 saturated carbocycles. The molecule has 0 fully saturated rings. The molecule has 5 heteroatoms. The number of aromatic nitrogens is 3. The standard InChI is InChI=1S/C18H12FN3O/c19-14-8-12-4-3-7-20-17(12)13(9-14)10-22-11-21-16-6-2-1-5-15(16)18(22)23/h1-9,11H,10H2. The molecule has 2 heterocycles. The van der Waals surface area contributed by atoms with Gasteiger partial charge in [-0.2, -0.15) is 0 Å². The summed E-state index contributed by atoms with van der Waals surface area (Å²) in [5, 5.41) is 1.26. The van der Waals surface area contributed by atoms with Crippen molar-refractivity contribution in [2.45, 2.75) is 6.54 Å². The number of nitrogens with zero attached hydrogens (tertiary/aromatic N) is 3. The monoisotopic (exact) mass is 305 g/mol. The highest BCUT2D eigenvalue weighted by atomic mass is 19.1. The van der Waals surface area contributed by atoms with E-state index in [1.165, 1.54) is 23.0 Å². The molecule has 0 spiro atoms. The average Bonchev–Trinajstić information content (AvgIpc) is 2.57. The molecule has 4 rings (SSSR count). The van der Waals surface area contributed by atoms with E-state index < -0.39 is 0 Å². The first-order chi connectivity index (χ1) is 11.2. The van der Waals surface area contributed by atoms with E-state index in [1.807, 2.05) is 6.07 Å². The van der Waals surface area contributed by atoms with Crippen molar-refractivity contribution in [2.75, 3.05) is 0 Å². The van der Waals surface area contributed by atoms with Gasteiger partial charge in [0.25, 0.3) is 5.56 Å². The highest BCUT2D eigenvalue weighted by Crippen LogP contribution is 2.19. The molecule has 0 saturated heterocycles. The van der Waals surface area contributed by atoms with Crippen LogP contribution in [0, 0.1) is 5.82 Å². The molecular weight excluding hydrogens is 293 g/mol. The average molecular weight is 305 g/mol. The smallest absolute Gasteiger partial charge is 0.261 e. The van der Waals surface area contributed by atoms with Crippen LogP contribution in [-0.4, -0.2) is 14.5 Å². The molecular formula is C18H12FN3O. The van der Waals surface area contributed by atoms with Crippen molar-refractivity contribution < 1.29 is 4.39 Å². The molecule has 2 aromatic heterocycles. The topological polar surface area (TPSA) is 47.8 Å². The Morgan fingerprint density at radius 2 is 1.91 bits per heavy atom. The van der Waals surface area contributed by atoms with Crippen LogP contribution in [0.25, 0.3) is 21.8 Å². The predicted octanol–water partition coefficient (Wildman–Crippen LogP) is 3.13. The zero-order chi connectivity index (χ0) is 15.8. The first kappa shape index (κ1) is 13.6. The summed E-state index contributed by atoms with van der Waals surface area (Å²) in [5.41, 5.74) is 1.84. The zero-order valence-electron chi connectivity index (χ0n) is 12.1. The second-order valence-corrected chi connectivity index (χ2v) is 5.33. The Labute approximate surface area is 130 Å². The fourth-order valence-electron chi connectivity index (χ4n) is 2.75. The van der Waals surface area contributed by atoms with Crippen LogP contribution in [0.1, 0.15) is 5.56 Å². The lowest BCUT2D eigenvalue weighted by Crippen LogP contribution is -2.21. The molecule has 4 nitrogen and oxygen atoms in total. The maximum atomic E-state index is 13.8. The molecule has 0 bridgehead atoms. The number of rotatable bonds is 2. The predicted molar refractivity (Wildman–Crippen MR) is 86.8 cm³/mol. The number of halogens is 1. The van der Waals surface area contributed by atoms with Crippen LogP contribution in [-0.2, 0) is 6.54 Å². The van der Waals surface area contributed by atoms with Crippen LogP contribution in [0.15, 0.2) is 65.8 Å². The number of para-hydroxylation sites is 1. The van der Waals surface area contributed by atoms with Gasteiger partial charge in [0.1, 0.15) is 5.82 Å². The first-order valence-electron chi connectivity index (χ1n) is 7.20. The Bertz CT molecular complexity index is 1090. The van der Waals surface area contributed by atoms with E-state index >= 15 is 0 Å². The number of fused-ring (bicyclic) bond motifs is 2. The van der Waals surface area contributed by atoms with Crippen molar-refractivity contribution >= 4 is 21.8 Å². The van der Waals surface area contributed by atoms with Crippen LogP contribution >= 0.6 is 0 Å². The third kappa shape index (κ3) is 2.36. The van der Waals surface area contributed by atoms with E-state index in [0.717, 1.165) is 0 Å². The van der Waals surface area contributed by atoms with Gasteiger partial charge in [-0.15, -0.1) is 0 Å². The molecule has 0 N–H and O–H groups in total. The third-order valence-corrected chi connectivity index (χ3v) is 3.82. The van der Waals surface area contributed by atoms with Gasteiger partial charge in [-0.05, 0) is 30.3 Å². The summed E-state index contributed by atoms with van der Waals surface area (Å²) in [4.78, 5) is 21.2. The summed E-state index contributed by atoms with van der Waals surface area (Å²) in [5.74, 6) is -0.345. The van der Waals surface area contributed by atoms with Gasteiger partial charge in [0.05, 0.1) is 29.3 Å². The van der Waals surface area contributed by atoms with Gasteiger partial charge in [-0.1, -0.05) is 18.2 Å². The van der Waals surface area contributed by atoms with Crippen molar-refractivity contribution in [1.29, 1.82) is 0 Å². The minimum Gasteiger partial charge on any atom is -0.294 e. The third-order valence-electron chi connectivity index (χ3n) is 3.82.